The van der Waals surface area contributed by atoms with Crippen molar-refractivity contribution in [1.82, 2.24) is 9.73 Å². The van der Waals surface area contributed by atoms with Crippen LogP contribution in [0.1, 0.15) is 12.5 Å². The number of thiocarbonyl (C=S) groups is 1. The van der Waals surface area contributed by atoms with E-state index in [1.54, 1.807) is 19.2 Å². The highest BCUT2D eigenvalue weighted by molar-refractivity contribution is 7.89. The summed E-state index contributed by atoms with van der Waals surface area (Å²) in [6.07, 6.45) is 0. The molecule has 0 fully saturated rings. The average molecular weight is 407 g/mol. The van der Waals surface area contributed by atoms with Crippen LogP contribution in [0.5, 0.6) is 5.75 Å². The lowest BCUT2D eigenvalue weighted by atomic mass is 10.1. The molecule has 27 heavy (non-hydrogen) atoms. The lowest BCUT2D eigenvalue weighted by Crippen LogP contribution is -2.25. The molecule has 0 aliphatic heterocycles. The molecule has 0 heterocycles. The summed E-state index contributed by atoms with van der Waals surface area (Å²) in [4.78, 5) is 0.213. The van der Waals surface area contributed by atoms with Crippen LogP contribution < -0.4 is 15.5 Å². The summed E-state index contributed by atoms with van der Waals surface area (Å²) in [6.45, 7) is 1.86. The van der Waals surface area contributed by atoms with Crippen LogP contribution in [-0.4, -0.2) is 44.8 Å². The minimum absolute atomic E-state index is 0.213. The Morgan fingerprint density at radius 1 is 1.07 bits per heavy atom. The molecule has 0 saturated carbocycles. The second-order valence-electron chi connectivity index (χ2n) is 5.80. The molecule has 2 aromatic carbocycles. The number of ether oxygens (including phenoxy) is 1. The summed E-state index contributed by atoms with van der Waals surface area (Å²) < 4.78 is 30.4. The van der Waals surface area contributed by atoms with Gasteiger partial charge in [-0.2, -0.15) is 5.10 Å². The highest BCUT2D eigenvalue weighted by atomic mass is 32.2. The molecule has 144 valence electrons. The van der Waals surface area contributed by atoms with Crippen LogP contribution in [0.15, 0.2) is 58.5 Å². The van der Waals surface area contributed by atoms with E-state index >= 15 is 0 Å². The molecule has 0 atom stereocenters. The third-order valence-electron chi connectivity index (χ3n) is 3.72. The first-order valence-corrected chi connectivity index (χ1v) is 9.87. The number of sulfonamides is 1. The maximum absolute atomic E-state index is 12.1. The van der Waals surface area contributed by atoms with Crippen LogP contribution >= 0.6 is 12.2 Å². The molecule has 0 unspecified atom stereocenters. The maximum Gasteiger partial charge on any atom is 0.242 e. The number of hydrogen-bond acceptors (Lipinski definition) is 5. The van der Waals surface area contributed by atoms with E-state index in [0.29, 0.717) is 10.8 Å². The molecule has 0 aromatic heterocycles. The zero-order valence-electron chi connectivity index (χ0n) is 15.6. The standard InChI is InChI=1S/C18H22N4O3S2/c1-13(14-5-9-16(25-4)10-6-14)20-21-18(26)19-15-7-11-17(12-8-15)27(23,24)22(2)3/h5-12H,1-4H3,(H2,19,21,26)/b20-13+. The summed E-state index contributed by atoms with van der Waals surface area (Å²) >= 11 is 5.22. The number of methoxy groups -OCH3 is 1. The Bertz CT molecular complexity index is 922. The largest absolute Gasteiger partial charge is 0.497 e. The van der Waals surface area contributed by atoms with E-state index in [9.17, 15) is 8.42 Å². The van der Waals surface area contributed by atoms with E-state index in [4.69, 9.17) is 17.0 Å². The van der Waals surface area contributed by atoms with Gasteiger partial charge in [0.15, 0.2) is 5.11 Å². The number of hydrogen-bond donors (Lipinski definition) is 2. The Hall–Kier alpha value is -2.49. The fraction of sp³-hybridized carbons (Fsp3) is 0.222. The molecule has 0 aliphatic rings. The Morgan fingerprint density at radius 2 is 1.67 bits per heavy atom. The monoisotopic (exact) mass is 406 g/mol. The topological polar surface area (TPSA) is 83.0 Å². The second kappa shape index (κ2) is 8.94. The molecular weight excluding hydrogens is 384 g/mol. The predicted octanol–water partition coefficient (Wildman–Crippen LogP) is 2.66. The van der Waals surface area contributed by atoms with Crippen LogP contribution in [-0.2, 0) is 10.0 Å². The van der Waals surface area contributed by atoms with Gasteiger partial charge in [-0.1, -0.05) is 0 Å². The Morgan fingerprint density at radius 3 is 2.19 bits per heavy atom. The van der Waals surface area contributed by atoms with Crippen LogP contribution in [0, 0.1) is 0 Å². The van der Waals surface area contributed by atoms with Gasteiger partial charge in [-0.25, -0.2) is 12.7 Å². The minimum atomic E-state index is -3.45. The van der Waals surface area contributed by atoms with Gasteiger partial charge in [0.2, 0.25) is 10.0 Å². The second-order valence-corrected chi connectivity index (χ2v) is 8.36. The lowest BCUT2D eigenvalue weighted by molar-refractivity contribution is 0.415. The van der Waals surface area contributed by atoms with E-state index in [2.05, 4.69) is 15.8 Å². The third kappa shape index (κ3) is 5.49. The van der Waals surface area contributed by atoms with E-state index in [1.807, 2.05) is 31.2 Å². The highest BCUT2D eigenvalue weighted by Gasteiger charge is 2.16. The van der Waals surface area contributed by atoms with Crippen molar-refractivity contribution in [1.29, 1.82) is 0 Å². The van der Waals surface area contributed by atoms with E-state index in [-0.39, 0.29) is 4.90 Å². The molecular formula is C18H22N4O3S2. The maximum atomic E-state index is 12.1. The van der Waals surface area contributed by atoms with Gasteiger partial charge in [-0.3, -0.25) is 5.43 Å². The van der Waals surface area contributed by atoms with Gasteiger partial charge in [-0.05, 0) is 73.2 Å². The third-order valence-corrected chi connectivity index (χ3v) is 5.75. The van der Waals surface area contributed by atoms with E-state index in [1.165, 1.54) is 26.2 Å². The minimum Gasteiger partial charge on any atom is -0.497 e. The van der Waals surface area contributed by atoms with Crippen LogP contribution in [0.2, 0.25) is 0 Å². The van der Waals surface area contributed by atoms with Gasteiger partial charge in [0.25, 0.3) is 0 Å². The van der Waals surface area contributed by atoms with Gasteiger partial charge in [0.05, 0.1) is 17.7 Å². The zero-order valence-corrected chi connectivity index (χ0v) is 17.2. The quantitative estimate of drug-likeness (QED) is 0.436. The normalized spacial score (nSPS) is 12.0. The first kappa shape index (κ1) is 20.8. The molecule has 7 nitrogen and oxygen atoms in total. The Balaban J connectivity index is 1.98. The van der Waals surface area contributed by atoms with Crippen molar-refractivity contribution in [2.75, 3.05) is 26.5 Å². The van der Waals surface area contributed by atoms with Crippen LogP contribution in [0.25, 0.3) is 0 Å². The van der Waals surface area contributed by atoms with Gasteiger partial charge in [0.1, 0.15) is 5.75 Å². The average Bonchev–Trinajstić information content (AvgIpc) is 2.66. The first-order chi connectivity index (χ1) is 12.7. The number of hydrazone groups is 1. The van der Waals surface area contributed by atoms with Crippen LogP contribution in [0.4, 0.5) is 5.69 Å². The number of nitrogens with zero attached hydrogens (tertiary/aromatic N) is 2. The van der Waals surface area contributed by atoms with E-state index < -0.39 is 10.0 Å². The Labute approximate surface area is 165 Å². The van der Waals surface area contributed by atoms with Crippen molar-refractivity contribution in [3.63, 3.8) is 0 Å². The smallest absolute Gasteiger partial charge is 0.242 e. The summed E-state index contributed by atoms with van der Waals surface area (Å²) in [5.74, 6) is 0.774. The molecule has 0 spiro atoms. The predicted molar refractivity (Wildman–Crippen MR) is 112 cm³/mol. The molecule has 0 saturated heterocycles. The van der Waals surface area contributed by atoms with Crippen molar-refractivity contribution in [3.8, 4) is 5.75 Å². The fourth-order valence-electron chi connectivity index (χ4n) is 2.11. The van der Waals surface area contributed by atoms with Crippen molar-refractivity contribution < 1.29 is 13.2 Å². The summed E-state index contributed by atoms with van der Waals surface area (Å²) in [6, 6.07) is 13.8. The number of anilines is 1. The van der Waals surface area contributed by atoms with Gasteiger partial charge in [-0.15, -0.1) is 0 Å². The summed E-state index contributed by atoms with van der Waals surface area (Å²) in [5.41, 5.74) is 5.12. The first-order valence-electron chi connectivity index (χ1n) is 8.02. The SMILES string of the molecule is COc1ccc(/C(C)=N/NC(=S)Nc2ccc(S(=O)(=O)N(C)C)cc2)cc1. The summed E-state index contributed by atoms with van der Waals surface area (Å²) in [7, 11) is 1.14. The molecule has 2 N–H and O–H groups in total. The summed E-state index contributed by atoms with van der Waals surface area (Å²) in [5, 5.41) is 7.50. The molecule has 0 bridgehead atoms. The molecule has 0 amide bonds. The van der Waals surface area contributed by atoms with Gasteiger partial charge >= 0.3 is 0 Å². The number of benzene rings is 2. The molecule has 0 radical (unpaired) electrons. The van der Waals surface area contributed by atoms with Crippen LogP contribution in [0.3, 0.4) is 0 Å². The highest BCUT2D eigenvalue weighted by Crippen LogP contribution is 2.16. The van der Waals surface area contributed by atoms with Crippen molar-refractivity contribution in [2.45, 2.75) is 11.8 Å². The van der Waals surface area contributed by atoms with Gasteiger partial charge < -0.3 is 10.1 Å². The number of rotatable bonds is 6. The molecule has 9 heteroatoms. The van der Waals surface area contributed by atoms with Crippen molar-refractivity contribution >= 4 is 38.8 Å². The molecule has 2 rings (SSSR count). The van der Waals surface area contributed by atoms with Gasteiger partial charge in [0, 0.05) is 19.8 Å². The Kier molecular flexibility index (Phi) is 6.89. The number of nitrogens with one attached hydrogen (secondary N) is 2. The lowest BCUT2D eigenvalue weighted by Gasteiger charge is -2.12. The fourth-order valence-corrected chi connectivity index (χ4v) is 3.18. The zero-order chi connectivity index (χ0) is 20.0. The van der Waals surface area contributed by atoms with E-state index in [0.717, 1.165) is 21.3 Å². The molecule has 0 aliphatic carbocycles. The van der Waals surface area contributed by atoms with Crippen molar-refractivity contribution in [2.24, 2.45) is 5.10 Å². The molecule has 2 aromatic rings. The van der Waals surface area contributed by atoms with Crippen molar-refractivity contribution in [3.05, 3.63) is 54.1 Å².